The van der Waals surface area contributed by atoms with Crippen molar-refractivity contribution in [3.05, 3.63) is 82.9 Å². The Hall–Kier alpha value is -3.32. The van der Waals surface area contributed by atoms with Crippen molar-refractivity contribution in [1.82, 2.24) is 14.5 Å². The van der Waals surface area contributed by atoms with Crippen LogP contribution in [0.2, 0.25) is 0 Å². The van der Waals surface area contributed by atoms with Gasteiger partial charge in [-0.25, -0.2) is 9.37 Å². The zero-order valence-corrected chi connectivity index (χ0v) is 15.9. The first-order valence-corrected chi connectivity index (χ1v) is 9.51. The summed E-state index contributed by atoms with van der Waals surface area (Å²) in [5.41, 5.74) is 9.99. The maximum absolute atomic E-state index is 13.6. The molecule has 0 unspecified atom stereocenters. The van der Waals surface area contributed by atoms with Crippen LogP contribution in [0.15, 0.2) is 60.2 Å². The topological polar surface area (TPSA) is 73.8 Å². The average molecular weight is 392 g/mol. The molecular weight excluding hydrogens is 375 g/mol. The summed E-state index contributed by atoms with van der Waals surface area (Å²) in [5, 5.41) is 2.80. The highest BCUT2D eigenvalue weighted by molar-refractivity contribution is 7.13. The number of benzene rings is 1. The number of nitrogens with two attached hydrogens (primary N) is 1. The lowest BCUT2D eigenvalue weighted by Crippen LogP contribution is -2.12. The lowest BCUT2D eigenvalue weighted by atomic mass is 10.2. The normalized spacial score (nSPS) is 10.9. The number of carbonyl (C=O) groups excluding carboxylic acids is 1. The molecule has 0 bridgehead atoms. The van der Waals surface area contributed by atoms with Crippen LogP contribution in [-0.2, 0) is 6.54 Å². The van der Waals surface area contributed by atoms with Crippen LogP contribution >= 0.6 is 11.3 Å². The number of carbonyl (C=O) groups is 1. The number of primary amides is 1. The van der Waals surface area contributed by atoms with Crippen molar-refractivity contribution in [3.63, 3.8) is 0 Å². The van der Waals surface area contributed by atoms with Crippen molar-refractivity contribution < 1.29 is 9.18 Å². The van der Waals surface area contributed by atoms with Crippen LogP contribution in [0, 0.1) is 12.7 Å². The molecule has 2 N–H and O–H groups in total. The van der Waals surface area contributed by atoms with Crippen LogP contribution in [0.4, 0.5) is 4.39 Å². The van der Waals surface area contributed by atoms with E-state index in [9.17, 15) is 9.18 Å². The zero-order valence-electron chi connectivity index (χ0n) is 15.1. The fraction of sp³-hybridized carbons (Fsp3) is 0.0952. The van der Waals surface area contributed by atoms with E-state index in [2.05, 4.69) is 4.98 Å². The number of thiazole rings is 1. The molecule has 4 rings (SSSR count). The van der Waals surface area contributed by atoms with Gasteiger partial charge in [0.15, 0.2) is 0 Å². The van der Waals surface area contributed by atoms with Crippen LogP contribution in [0.5, 0.6) is 0 Å². The number of nitrogens with zero attached hydrogens (tertiary/aromatic N) is 3. The van der Waals surface area contributed by atoms with Gasteiger partial charge >= 0.3 is 0 Å². The van der Waals surface area contributed by atoms with Gasteiger partial charge in [-0.1, -0.05) is 12.1 Å². The summed E-state index contributed by atoms with van der Waals surface area (Å²) in [4.78, 5) is 20.6. The van der Waals surface area contributed by atoms with E-state index in [1.807, 2.05) is 35.1 Å². The molecule has 3 aromatic heterocycles. The molecule has 0 aliphatic carbocycles. The summed E-state index contributed by atoms with van der Waals surface area (Å²) in [6.07, 6.45) is 3.44. The molecule has 0 atom stereocenters. The molecule has 3 heterocycles. The third kappa shape index (κ3) is 3.44. The summed E-state index contributed by atoms with van der Waals surface area (Å²) in [6.45, 7) is 2.24. The molecule has 0 radical (unpaired) electrons. The summed E-state index contributed by atoms with van der Waals surface area (Å²) < 4.78 is 15.6. The fourth-order valence-electron chi connectivity index (χ4n) is 3.15. The van der Waals surface area contributed by atoms with Crippen molar-refractivity contribution in [2.24, 2.45) is 5.73 Å². The molecule has 140 valence electrons. The Morgan fingerprint density at radius 2 is 2.00 bits per heavy atom. The van der Waals surface area contributed by atoms with Gasteiger partial charge in [0.1, 0.15) is 10.8 Å². The Kier molecular flexibility index (Phi) is 4.75. The average Bonchev–Trinajstić information content (AvgIpc) is 3.28. The first kappa shape index (κ1) is 18.1. The van der Waals surface area contributed by atoms with Crippen LogP contribution in [0.25, 0.3) is 22.0 Å². The molecule has 0 spiro atoms. The highest BCUT2D eigenvalue weighted by atomic mass is 32.1. The Labute approximate surface area is 165 Å². The number of aromatic nitrogens is 3. The monoisotopic (exact) mass is 392 g/mol. The SMILES string of the molecule is Cc1c(C(N)=O)cc(-c2csc(-c3ccncc3)n2)n1Cc1cccc(F)c1. The molecule has 28 heavy (non-hydrogen) atoms. The Bertz CT molecular complexity index is 1150. The van der Waals surface area contributed by atoms with E-state index in [1.54, 1.807) is 24.5 Å². The van der Waals surface area contributed by atoms with Crippen molar-refractivity contribution in [2.75, 3.05) is 0 Å². The van der Waals surface area contributed by atoms with Crippen molar-refractivity contribution >= 4 is 17.2 Å². The predicted molar refractivity (Wildman–Crippen MR) is 108 cm³/mol. The molecule has 0 fully saturated rings. The molecule has 5 nitrogen and oxygen atoms in total. The second kappa shape index (κ2) is 7.36. The van der Waals surface area contributed by atoms with Gasteiger partial charge < -0.3 is 10.3 Å². The first-order valence-electron chi connectivity index (χ1n) is 8.63. The Balaban J connectivity index is 1.79. The summed E-state index contributed by atoms with van der Waals surface area (Å²) in [5.74, 6) is -0.797. The maximum Gasteiger partial charge on any atom is 0.250 e. The third-order valence-corrected chi connectivity index (χ3v) is 5.45. The molecule has 0 aliphatic heterocycles. The van der Waals surface area contributed by atoms with Crippen molar-refractivity contribution in [3.8, 4) is 22.0 Å². The second-order valence-corrected chi connectivity index (χ2v) is 7.24. The molecule has 1 aromatic carbocycles. The summed E-state index contributed by atoms with van der Waals surface area (Å²) in [6, 6.07) is 12.0. The van der Waals surface area contributed by atoms with E-state index in [0.717, 1.165) is 33.2 Å². The fourth-order valence-corrected chi connectivity index (χ4v) is 3.97. The second-order valence-electron chi connectivity index (χ2n) is 6.38. The van der Waals surface area contributed by atoms with Crippen LogP contribution in [0.1, 0.15) is 21.6 Å². The van der Waals surface area contributed by atoms with Crippen LogP contribution < -0.4 is 5.73 Å². The Morgan fingerprint density at radius 1 is 1.21 bits per heavy atom. The van der Waals surface area contributed by atoms with Crippen molar-refractivity contribution in [1.29, 1.82) is 0 Å². The van der Waals surface area contributed by atoms with E-state index in [-0.39, 0.29) is 5.82 Å². The molecule has 4 aromatic rings. The molecule has 7 heteroatoms. The van der Waals surface area contributed by atoms with E-state index in [4.69, 9.17) is 10.7 Å². The lowest BCUT2D eigenvalue weighted by Gasteiger charge is -2.11. The lowest BCUT2D eigenvalue weighted by molar-refractivity contribution is 0.0999. The highest BCUT2D eigenvalue weighted by Crippen LogP contribution is 2.31. The number of amides is 1. The van der Waals surface area contributed by atoms with Gasteiger partial charge in [-0.15, -0.1) is 11.3 Å². The minimum atomic E-state index is -0.499. The minimum absolute atomic E-state index is 0.299. The van der Waals surface area contributed by atoms with E-state index < -0.39 is 5.91 Å². The number of pyridine rings is 1. The number of halogens is 1. The number of hydrogen-bond donors (Lipinski definition) is 1. The van der Waals surface area contributed by atoms with Crippen LogP contribution in [0.3, 0.4) is 0 Å². The maximum atomic E-state index is 13.6. The molecule has 0 saturated carbocycles. The van der Waals surface area contributed by atoms with Gasteiger partial charge in [0.05, 0.1) is 17.0 Å². The zero-order chi connectivity index (χ0) is 19.7. The first-order chi connectivity index (χ1) is 13.5. The third-order valence-electron chi connectivity index (χ3n) is 4.56. The summed E-state index contributed by atoms with van der Waals surface area (Å²) >= 11 is 1.51. The Morgan fingerprint density at radius 3 is 2.71 bits per heavy atom. The molecule has 1 amide bonds. The highest BCUT2D eigenvalue weighted by Gasteiger charge is 2.19. The van der Waals surface area contributed by atoms with Gasteiger partial charge in [0.25, 0.3) is 5.91 Å². The van der Waals surface area contributed by atoms with Gasteiger partial charge in [0, 0.05) is 35.6 Å². The largest absolute Gasteiger partial charge is 0.366 e. The van der Waals surface area contributed by atoms with Gasteiger partial charge in [0.2, 0.25) is 0 Å². The minimum Gasteiger partial charge on any atom is -0.366 e. The molecule has 0 saturated heterocycles. The van der Waals surface area contributed by atoms with Crippen LogP contribution in [-0.4, -0.2) is 20.4 Å². The quantitative estimate of drug-likeness (QED) is 0.551. The van der Waals surface area contributed by atoms with Gasteiger partial charge in [-0.2, -0.15) is 0 Å². The van der Waals surface area contributed by atoms with Crippen molar-refractivity contribution in [2.45, 2.75) is 13.5 Å². The van der Waals surface area contributed by atoms with Gasteiger partial charge in [-0.3, -0.25) is 9.78 Å². The van der Waals surface area contributed by atoms with Gasteiger partial charge in [-0.05, 0) is 42.8 Å². The summed E-state index contributed by atoms with van der Waals surface area (Å²) in [7, 11) is 0. The number of hydrogen-bond acceptors (Lipinski definition) is 4. The smallest absolute Gasteiger partial charge is 0.250 e. The molecular formula is C21H17FN4OS. The predicted octanol–water partition coefficient (Wildman–Crippen LogP) is 4.27. The molecule has 0 aliphatic rings. The van der Waals surface area contributed by atoms with E-state index >= 15 is 0 Å². The standard InChI is InChI=1S/C21H17FN4OS/c1-13-17(20(23)27)10-19(26(13)11-14-3-2-4-16(22)9-14)18-12-28-21(25-18)15-5-7-24-8-6-15/h2-10,12H,11H2,1H3,(H2,23,27). The number of rotatable bonds is 5. The van der Waals surface area contributed by atoms with E-state index in [1.165, 1.54) is 23.5 Å². The van der Waals surface area contributed by atoms with E-state index in [0.29, 0.717) is 12.1 Å².